The predicted octanol–water partition coefficient (Wildman–Crippen LogP) is 5.18. The van der Waals surface area contributed by atoms with E-state index >= 15 is 0 Å². The van der Waals surface area contributed by atoms with E-state index in [-0.39, 0.29) is 0 Å². The van der Waals surface area contributed by atoms with Gasteiger partial charge in [0.15, 0.2) is 0 Å². The summed E-state index contributed by atoms with van der Waals surface area (Å²) in [4.78, 5) is 0. The molecule has 0 aromatic carbocycles. The van der Waals surface area contributed by atoms with E-state index in [0.29, 0.717) is 0 Å². The molecule has 0 fully saturated rings. The summed E-state index contributed by atoms with van der Waals surface area (Å²) in [6.07, 6.45) is 3.80. The molecule has 0 aliphatic heterocycles. The van der Waals surface area contributed by atoms with Gasteiger partial charge in [0.2, 0.25) is 0 Å². The van der Waals surface area contributed by atoms with Crippen LogP contribution in [-0.4, -0.2) is 0 Å². The van der Waals surface area contributed by atoms with Crippen molar-refractivity contribution in [1.29, 1.82) is 0 Å². The molecule has 0 bridgehead atoms. The third-order valence-corrected chi connectivity index (χ3v) is 4.07. The normalized spacial score (nSPS) is 34.8. The quantitative estimate of drug-likeness (QED) is 0.510. The largest absolute Gasteiger partial charge is 0.0701 e. The Labute approximate surface area is 94.8 Å². The van der Waals surface area contributed by atoms with Gasteiger partial charge < -0.3 is 0 Å². The van der Waals surface area contributed by atoms with E-state index in [4.69, 9.17) is 0 Å². The van der Waals surface area contributed by atoms with Gasteiger partial charge in [0, 0.05) is 0 Å². The molecule has 0 spiro atoms. The highest BCUT2D eigenvalue weighted by Gasteiger charge is 2.09. The van der Waals surface area contributed by atoms with Crippen LogP contribution in [0.2, 0.25) is 0 Å². The first-order chi connectivity index (χ1) is 6.95. The second kappa shape index (κ2) is 4.83. The van der Waals surface area contributed by atoms with Crippen LogP contribution in [0.15, 0.2) is 33.4 Å². The monoisotopic (exact) mass is 204 g/mol. The first-order valence-corrected chi connectivity index (χ1v) is 5.96. The molecule has 0 heteroatoms. The zero-order valence-corrected chi connectivity index (χ0v) is 11.1. The Kier molecular flexibility index (Phi) is 3.96. The van der Waals surface area contributed by atoms with Crippen molar-refractivity contribution in [2.45, 2.75) is 60.8 Å². The van der Waals surface area contributed by atoms with E-state index in [0.717, 1.165) is 0 Å². The van der Waals surface area contributed by atoms with Gasteiger partial charge in [-0.05, 0) is 83.1 Å². The molecule has 0 amide bonds. The molecule has 1 aliphatic rings. The Balaban J connectivity index is 3.30. The van der Waals surface area contributed by atoms with E-state index in [1.54, 1.807) is 11.1 Å². The molecule has 0 N–H and O–H groups in total. The standard InChI is InChI=1S/C15H24/c1-10-8-7-9-11(2)13(4)15(6)14(5)12(10)3/h7-9H2,1-6H3/b12-10-,13-11-,15-14-. The molecule has 0 nitrogen and oxygen atoms in total. The summed E-state index contributed by atoms with van der Waals surface area (Å²) in [5.74, 6) is 0. The SMILES string of the molecule is C/C1=C(C)/C(C)=C(C)\C(C)=C(\C)CCC1. The van der Waals surface area contributed by atoms with E-state index in [9.17, 15) is 0 Å². The fourth-order valence-electron chi connectivity index (χ4n) is 2.20. The van der Waals surface area contributed by atoms with Gasteiger partial charge in [0.25, 0.3) is 0 Å². The van der Waals surface area contributed by atoms with Crippen LogP contribution < -0.4 is 0 Å². The van der Waals surface area contributed by atoms with Crippen molar-refractivity contribution >= 4 is 0 Å². The van der Waals surface area contributed by atoms with E-state index in [2.05, 4.69) is 41.5 Å². The van der Waals surface area contributed by atoms with Crippen LogP contribution >= 0.6 is 0 Å². The maximum Gasteiger partial charge on any atom is -0.0314 e. The summed E-state index contributed by atoms with van der Waals surface area (Å²) >= 11 is 0. The lowest BCUT2D eigenvalue weighted by Gasteiger charge is -2.12. The fourth-order valence-corrected chi connectivity index (χ4v) is 2.20. The van der Waals surface area contributed by atoms with Crippen LogP contribution in [0, 0.1) is 0 Å². The third-order valence-electron chi connectivity index (χ3n) is 4.07. The zero-order valence-electron chi connectivity index (χ0n) is 11.1. The van der Waals surface area contributed by atoms with Gasteiger partial charge in [0.05, 0.1) is 0 Å². The molecule has 84 valence electrons. The highest BCUT2D eigenvalue weighted by Crippen LogP contribution is 2.29. The number of rotatable bonds is 0. The smallest absolute Gasteiger partial charge is 0.0314 e. The predicted molar refractivity (Wildman–Crippen MR) is 69.0 cm³/mol. The second-order valence-corrected chi connectivity index (χ2v) is 4.91. The highest BCUT2D eigenvalue weighted by molar-refractivity contribution is 5.44. The van der Waals surface area contributed by atoms with Gasteiger partial charge in [-0.1, -0.05) is 11.1 Å². The number of hydrogen-bond acceptors (Lipinski definition) is 0. The lowest BCUT2D eigenvalue weighted by Crippen LogP contribution is -1.92. The molecule has 0 aromatic heterocycles. The van der Waals surface area contributed by atoms with Crippen molar-refractivity contribution in [3.8, 4) is 0 Å². The van der Waals surface area contributed by atoms with Gasteiger partial charge in [-0.2, -0.15) is 0 Å². The average Bonchev–Trinajstić information content (AvgIpc) is 2.25. The summed E-state index contributed by atoms with van der Waals surface area (Å²) < 4.78 is 0. The van der Waals surface area contributed by atoms with Crippen molar-refractivity contribution in [1.82, 2.24) is 0 Å². The lowest BCUT2D eigenvalue weighted by atomic mass is 9.94. The molecule has 0 aromatic rings. The Bertz CT molecular complexity index is 314. The molecule has 0 unspecified atom stereocenters. The number of allylic oxidation sites excluding steroid dienone is 6. The van der Waals surface area contributed by atoms with E-state index in [1.807, 2.05) is 0 Å². The molecule has 0 radical (unpaired) electrons. The van der Waals surface area contributed by atoms with Gasteiger partial charge in [-0.15, -0.1) is 0 Å². The minimum absolute atomic E-state index is 1.25. The molecular formula is C15H24. The van der Waals surface area contributed by atoms with Crippen LogP contribution in [0.1, 0.15) is 60.8 Å². The summed E-state index contributed by atoms with van der Waals surface area (Å²) in [6, 6.07) is 0. The molecular weight excluding hydrogens is 180 g/mol. The van der Waals surface area contributed by atoms with Crippen LogP contribution in [0.4, 0.5) is 0 Å². The first kappa shape index (κ1) is 12.3. The van der Waals surface area contributed by atoms with E-state index in [1.165, 1.54) is 41.6 Å². The summed E-state index contributed by atoms with van der Waals surface area (Å²) in [7, 11) is 0. The summed E-state index contributed by atoms with van der Waals surface area (Å²) in [5, 5.41) is 0. The topological polar surface area (TPSA) is 0 Å². The fraction of sp³-hybridized carbons (Fsp3) is 0.600. The minimum Gasteiger partial charge on any atom is -0.0701 e. The Hall–Kier alpha value is -0.780. The van der Waals surface area contributed by atoms with Crippen LogP contribution in [-0.2, 0) is 0 Å². The van der Waals surface area contributed by atoms with Crippen molar-refractivity contribution in [2.75, 3.05) is 0 Å². The van der Waals surface area contributed by atoms with Crippen molar-refractivity contribution in [3.05, 3.63) is 33.4 Å². The molecule has 0 saturated carbocycles. The minimum atomic E-state index is 1.25. The summed E-state index contributed by atoms with van der Waals surface area (Å²) in [5.41, 5.74) is 9.09. The first-order valence-electron chi connectivity index (χ1n) is 5.96. The van der Waals surface area contributed by atoms with Crippen molar-refractivity contribution < 1.29 is 0 Å². The molecule has 0 atom stereocenters. The van der Waals surface area contributed by atoms with Gasteiger partial charge in [-0.25, -0.2) is 0 Å². The van der Waals surface area contributed by atoms with Gasteiger partial charge >= 0.3 is 0 Å². The second-order valence-electron chi connectivity index (χ2n) is 4.91. The van der Waals surface area contributed by atoms with Crippen molar-refractivity contribution in [2.24, 2.45) is 0 Å². The van der Waals surface area contributed by atoms with Gasteiger partial charge in [0.1, 0.15) is 0 Å². The highest BCUT2D eigenvalue weighted by atomic mass is 14.2. The maximum atomic E-state index is 2.28. The van der Waals surface area contributed by atoms with Crippen LogP contribution in [0.5, 0.6) is 0 Å². The zero-order chi connectivity index (χ0) is 11.6. The van der Waals surface area contributed by atoms with Gasteiger partial charge in [-0.3, -0.25) is 0 Å². The maximum absolute atomic E-state index is 2.28. The Morgan fingerprint density at radius 2 is 0.867 bits per heavy atom. The Morgan fingerprint density at radius 1 is 0.533 bits per heavy atom. The number of hydrogen-bond donors (Lipinski definition) is 0. The molecule has 15 heavy (non-hydrogen) atoms. The molecule has 0 saturated heterocycles. The average molecular weight is 204 g/mol. The third kappa shape index (κ3) is 2.62. The van der Waals surface area contributed by atoms with Crippen LogP contribution in [0.25, 0.3) is 0 Å². The van der Waals surface area contributed by atoms with Crippen molar-refractivity contribution in [3.63, 3.8) is 0 Å². The van der Waals surface area contributed by atoms with Crippen LogP contribution in [0.3, 0.4) is 0 Å². The lowest BCUT2D eigenvalue weighted by molar-refractivity contribution is 0.795. The molecule has 1 aliphatic carbocycles. The molecule has 1 rings (SSSR count). The van der Waals surface area contributed by atoms with E-state index < -0.39 is 0 Å². The molecule has 0 heterocycles. The Morgan fingerprint density at radius 3 is 1.20 bits per heavy atom. The summed E-state index contributed by atoms with van der Waals surface area (Å²) in [6.45, 7) is 13.6.